The lowest BCUT2D eigenvalue weighted by molar-refractivity contribution is -0.124. The summed E-state index contributed by atoms with van der Waals surface area (Å²) in [7, 11) is -2.00. The Balaban J connectivity index is 1.71. The van der Waals surface area contributed by atoms with Crippen molar-refractivity contribution in [2.45, 2.75) is 43.0 Å². The largest absolute Gasteiger partial charge is 0.381 e. The van der Waals surface area contributed by atoms with Crippen LogP contribution >= 0.6 is 0 Å². The summed E-state index contributed by atoms with van der Waals surface area (Å²) >= 11 is 0. The fourth-order valence-electron chi connectivity index (χ4n) is 4.04. The Morgan fingerprint density at radius 2 is 1.84 bits per heavy atom. The molecule has 170 valence electrons. The first-order valence-corrected chi connectivity index (χ1v) is 12.2. The molecule has 0 bridgehead atoms. The summed E-state index contributed by atoms with van der Waals surface area (Å²) in [6.45, 7) is 5.27. The van der Waals surface area contributed by atoms with Crippen molar-refractivity contribution in [3.63, 3.8) is 0 Å². The molecule has 1 aromatic carbocycles. The third kappa shape index (κ3) is 5.72. The van der Waals surface area contributed by atoms with Crippen LogP contribution in [-0.2, 0) is 24.3 Å². The van der Waals surface area contributed by atoms with Crippen LogP contribution in [0, 0.1) is 5.92 Å². The van der Waals surface area contributed by atoms with Gasteiger partial charge in [0.05, 0.1) is 4.90 Å². The zero-order valence-electron chi connectivity index (χ0n) is 18.0. The molecule has 0 radical (unpaired) electrons. The van der Waals surface area contributed by atoms with E-state index >= 15 is 0 Å². The lowest BCUT2D eigenvalue weighted by Gasteiger charge is -2.27. The highest BCUT2D eigenvalue weighted by Crippen LogP contribution is 2.25. The Hall–Kier alpha value is -2.23. The van der Waals surface area contributed by atoms with Crippen molar-refractivity contribution >= 4 is 27.5 Å². The van der Waals surface area contributed by atoms with E-state index in [-0.39, 0.29) is 35.2 Å². The predicted octanol–water partition coefficient (Wildman–Crippen LogP) is 1.92. The van der Waals surface area contributed by atoms with E-state index in [2.05, 4.69) is 11.9 Å². The lowest BCUT2D eigenvalue weighted by Crippen LogP contribution is -2.44. The van der Waals surface area contributed by atoms with E-state index in [1.807, 2.05) is 0 Å². The second kappa shape index (κ2) is 10.4. The SMILES string of the molecule is C=CC(=O)NC1CCCCN(S(=O)(=O)c2ccc(N(C)C(=O)C3CCOCC3)cc2)C1. The van der Waals surface area contributed by atoms with Crippen LogP contribution in [0.5, 0.6) is 0 Å². The molecule has 2 heterocycles. The van der Waals surface area contributed by atoms with Gasteiger partial charge in [0.2, 0.25) is 21.8 Å². The summed E-state index contributed by atoms with van der Waals surface area (Å²) < 4.78 is 33.2. The second-order valence-electron chi connectivity index (χ2n) is 8.05. The Bertz CT molecular complexity index is 894. The molecule has 2 fully saturated rings. The van der Waals surface area contributed by atoms with Crippen LogP contribution in [0.3, 0.4) is 0 Å². The van der Waals surface area contributed by atoms with E-state index in [1.54, 1.807) is 36.2 Å². The van der Waals surface area contributed by atoms with Crippen LogP contribution in [0.15, 0.2) is 41.8 Å². The maximum Gasteiger partial charge on any atom is 0.243 e. The number of nitrogens with zero attached hydrogens (tertiary/aromatic N) is 2. The van der Waals surface area contributed by atoms with Crippen LogP contribution in [-0.4, -0.2) is 63.9 Å². The minimum atomic E-state index is -3.71. The van der Waals surface area contributed by atoms with Gasteiger partial charge in [-0.2, -0.15) is 4.31 Å². The Labute approximate surface area is 184 Å². The van der Waals surface area contributed by atoms with Gasteiger partial charge in [0.25, 0.3) is 0 Å². The quantitative estimate of drug-likeness (QED) is 0.670. The van der Waals surface area contributed by atoms with E-state index in [0.29, 0.717) is 38.3 Å². The summed E-state index contributed by atoms with van der Waals surface area (Å²) in [4.78, 5) is 26.1. The molecule has 3 rings (SSSR count). The normalized spacial score (nSPS) is 21.1. The van der Waals surface area contributed by atoms with Gasteiger partial charge in [-0.15, -0.1) is 0 Å². The summed E-state index contributed by atoms with van der Waals surface area (Å²) in [5.41, 5.74) is 0.655. The number of rotatable bonds is 6. The Morgan fingerprint density at radius 3 is 2.48 bits per heavy atom. The molecule has 0 aliphatic carbocycles. The number of carbonyl (C=O) groups excluding carboxylic acids is 2. The highest BCUT2D eigenvalue weighted by molar-refractivity contribution is 7.89. The first-order chi connectivity index (χ1) is 14.8. The van der Waals surface area contributed by atoms with Crippen LogP contribution < -0.4 is 10.2 Å². The number of anilines is 1. The maximum atomic E-state index is 13.2. The fourth-order valence-corrected chi connectivity index (χ4v) is 5.56. The number of sulfonamides is 1. The third-order valence-corrected chi connectivity index (χ3v) is 7.81. The zero-order valence-corrected chi connectivity index (χ0v) is 18.8. The smallest absolute Gasteiger partial charge is 0.243 e. The van der Waals surface area contributed by atoms with Crippen LogP contribution in [0.25, 0.3) is 0 Å². The van der Waals surface area contributed by atoms with E-state index in [1.165, 1.54) is 10.4 Å². The summed E-state index contributed by atoms with van der Waals surface area (Å²) in [5, 5.41) is 2.81. The summed E-state index contributed by atoms with van der Waals surface area (Å²) in [5.74, 6) is -0.347. The number of nitrogens with one attached hydrogen (secondary N) is 1. The number of hydrogen-bond donors (Lipinski definition) is 1. The molecule has 31 heavy (non-hydrogen) atoms. The topological polar surface area (TPSA) is 96.0 Å². The van der Waals surface area contributed by atoms with Gasteiger partial charge in [-0.3, -0.25) is 9.59 Å². The van der Waals surface area contributed by atoms with Crippen LogP contribution in [0.4, 0.5) is 5.69 Å². The van der Waals surface area contributed by atoms with Gasteiger partial charge in [0, 0.05) is 51.0 Å². The van der Waals surface area contributed by atoms with E-state index < -0.39 is 10.0 Å². The molecule has 9 heteroatoms. The van der Waals surface area contributed by atoms with Gasteiger partial charge in [-0.1, -0.05) is 13.0 Å². The molecule has 2 saturated heterocycles. The molecule has 8 nitrogen and oxygen atoms in total. The van der Waals surface area contributed by atoms with Crippen molar-refractivity contribution in [1.29, 1.82) is 0 Å². The fraction of sp³-hybridized carbons (Fsp3) is 0.545. The first-order valence-electron chi connectivity index (χ1n) is 10.7. The van der Waals surface area contributed by atoms with E-state index in [9.17, 15) is 18.0 Å². The molecule has 2 aliphatic heterocycles. The van der Waals surface area contributed by atoms with Gasteiger partial charge in [-0.05, 0) is 56.0 Å². The predicted molar refractivity (Wildman–Crippen MR) is 118 cm³/mol. The molecule has 1 aromatic rings. The van der Waals surface area contributed by atoms with Gasteiger partial charge >= 0.3 is 0 Å². The van der Waals surface area contributed by atoms with Gasteiger partial charge in [0.15, 0.2) is 0 Å². The van der Waals surface area contributed by atoms with Crippen LogP contribution in [0.1, 0.15) is 32.1 Å². The van der Waals surface area contributed by atoms with Crippen molar-refractivity contribution in [1.82, 2.24) is 9.62 Å². The zero-order chi connectivity index (χ0) is 22.4. The lowest BCUT2D eigenvalue weighted by atomic mass is 9.98. The Kier molecular flexibility index (Phi) is 7.85. The Morgan fingerprint density at radius 1 is 1.16 bits per heavy atom. The molecular weight excluding hydrogens is 418 g/mol. The second-order valence-corrected chi connectivity index (χ2v) is 9.98. The van der Waals surface area contributed by atoms with Gasteiger partial charge < -0.3 is 15.0 Å². The number of benzene rings is 1. The minimum Gasteiger partial charge on any atom is -0.381 e. The average Bonchev–Trinajstić information content (AvgIpc) is 3.04. The average molecular weight is 450 g/mol. The van der Waals surface area contributed by atoms with Crippen LogP contribution in [0.2, 0.25) is 0 Å². The molecule has 1 N–H and O–H groups in total. The highest BCUT2D eigenvalue weighted by atomic mass is 32.2. The standard InChI is InChI=1S/C22H31N3O5S/c1-3-21(26)23-18-6-4-5-13-25(16-18)31(28,29)20-9-7-19(8-10-20)24(2)22(27)17-11-14-30-15-12-17/h3,7-10,17-18H,1,4-6,11-16H2,2H3,(H,23,26). The third-order valence-electron chi connectivity index (χ3n) is 5.93. The van der Waals surface area contributed by atoms with Crippen molar-refractivity contribution in [3.05, 3.63) is 36.9 Å². The van der Waals surface area contributed by atoms with Crippen molar-refractivity contribution in [2.24, 2.45) is 5.92 Å². The molecular formula is C22H31N3O5S. The molecule has 0 saturated carbocycles. The monoisotopic (exact) mass is 449 g/mol. The van der Waals surface area contributed by atoms with Gasteiger partial charge in [0.1, 0.15) is 0 Å². The number of hydrogen-bond acceptors (Lipinski definition) is 5. The molecule has 2 amide bonds. The van der Waals surface area contributed by atoms with Crippen molar-refractivity contribution in [3.8, 4) is 0 Å². The van der Waals surface area contributed by atoms with E-state index in [0.717, 1.165) is 19.3 Å². The molecule has 1 unspecified atom stereocenters. The van der Waals surface area contributed by atoms with E-state index in [4.69, 9.17) is 4.74 Å². The van der Waals surface area contributed by atoms with Gasteiger partial charge in [-0.25, -0.2) is 8.42 Å². The maximum absolute atomic E-state index is 13.2. The molecule has 2 aliphatic rings. The van der Waals surface area contributed by atoms with Crippen molar-refractivity contribution < 1.29 is 22.7 Å². The number of carbonyl (C=O) groups is 2. The number of ether oxygens (including phenoxy) is 1. The molecule has 0 aromatic heterocycles. The molecule has 0 spiro atoms. The first kappa shape index (κ1) is 23.4. The molecule has 1 atom stereocenters. The summed E-state index contributed by atoms with van der Waals surface area (Å²) in [6, 6.07) is 6.17. The van der Waals surface area contributed by atoms with Crippen molar-refractivity contribution in [2.75, 3.05) is 38.3 Å². The number of amides is 2. The minimum absolute atomic E-state index is 0.0206. The summed E-state index contributed by atoms with van der Waals surface area (Å²) in [6.07, 6.45) is 4.90. The highest BCUT2D eigenvalue weighted by Gasteiger charge is 2.30.